The Balaban J connectivity index is 1.42. The molecule has 1 N–H and O–H groups in total. The summed E-state index contributed by atoms with van der Waals surface area (Å²) in [6.07, 6.45) is 10.3. The lowest BCUT2D eigenvalue weighted by molar-refractivity contribution is 0.270. The van der Waals surface area contributed by atoms with E-state index in [9.17, 15) is 8.78 Å². The van der Waals surface area contributed by atoms with Crippen molar-refractivity contribution in [3.05, 3.63) is 66.5 Å². The van der Waals surface area contributed by atoms with E-state index in [4.69, 9.17) is 9.72 Å². The van der Waals surface area contributed by atoms with Gasteiger partial charge in [0.25, 0.3) is 0 Å². The third kappa shape index (κ3) is 3.97. The van der Waals surface area contributed by atoms with Crippen molar-refractivity contribution in [2.75, 3.05) is 18.6 Å². The van der Waals surface area contributed by atoms with Crippen LogP contribution in [0.3, 0.4) is 0 Å². The number of nitrogens with one attached hydrogen (secondary N) is 1. The third-order valence-electron chi connectivity index (χ3n) is 5.50. The first-order valence-electron chi connectivity index (χ1n) is 10.4. The first-order valence-corrected chi connectivity index (χ1v) is 10.4. The van der Waals surface area contributed by atoms with Crippen LogP contribution in [0.4, 0.5) is 14.6 Å². The van der Waals surface area contributed by atoms with E-state index >= 15 is 0 Å². The van der Waals surface area contributed by atoms with Crippen LogP contribution in [0, 0.1) is 5.82 Å². The first kappa shape index (κ1) is 19.5. The Kier molecular flexibility index (Phi) is 5.05. The highest BCUT2D eigenvalue weighted by Gasteiger charge is 2.23. The highest BCUT2D eigenvalue weighted by Crippen LogP contribution is 2.37. The number of aromatic nitrogens is 4. The zero-order valence-electron chi connectivity index (χ0n) is 17.1. The average Bonchev–Trinajstić information content (AvgIpc) is 3.36. The molecule has 1 aliphatic carbocycles. The van der Waals surface area contributed by atoms with Gasteiger partial charge in [-0.2, -0.15) is 5.10 Å². The molecule has 31 heavy (non-hydrogen) atoms. The van der Waals surface area contributed by atoms with E-state index in [-0.39, 0.29) is 18.5 Å². The van der Waals surface area contributed by atoms with Crippen LogP contribution in [0.15, 0.2) is 55.1 Å². The maximum Gasteiger partial charge on any atom is 0.165 e. The Morgan fingerprint density at radius 2 is 2.10 bits per heavy atom. The van der Waals surface area contributed by atoms with Crippen molar-refractivity contribution in [2.24, 2.45) is 0 Å². The van der Waals surface area contributed by atoms with Crippen molar-refractivity contribution in [1.29, 1.82) is 0 Å². The van der Waals surface area contributed by atoms with Crippen molar-refractivity contribution in [2.45, 2.75) is 31.8 Å². The smallest absolute Gasteiger partial charge is 0.165 e. The van der Waals surface area contributed by atoms with Gasteiger partial charge < -0.3 is 14.6 Å². The van der Waals surface area contributed by atoms with Crippen LogP contribution in [0.1, 0.15) is 37.4 Å². The minimum Gasteiger partial charge on any atom is -0.490 e. The van der Waals surface area contributed by atoms with Crippen molar-refractivity contribution < 1.29 is 13.5 Å². The zero-order valence-corrected chi connectivity index (χ0v) is 17.1. The normalized spacial score (nSPS) is 14.7. The van der Waals surface area contributed by atoms with Gasteiger partial charge in [-0.3, -0.25) is 0 Å². The Labute approximate surface area is 178 Å². The number of nitrogens with zero attached hydrogens (tertiary/aromatic N) is 4. The zero-order chi connectivity index (χ0) is 21.4. The van der Waals surface area contributed by atoms with Crippen LogP contribution >= 0.6 is 0 Å². The van der Waals surface area contributed by atoms with E-state index in [1.165, 1.54) is 31.0 Å². The van der Waals surface area contributed by atoms with Crippen LogP contribution in [-0.2, 0) is 0 Å². The van der Waals surface area contributed by atoms with Gasteiger partial charge in [0.1, 0.15) is 30.7 Å². The fraction of sp³-hybridized carbons (Fsp3) is 0.304. The summed E-state index contributed by atoms with van der Waals surface area (Å²) in [5.41, 5.74) is 3.37. The molecular weight excluding hydrogens is 400 g/mol. The molecule has 1 fully saturated rings. The molecule has 160 valence electrons. The van der Waals surface area contributed by atoms with Gasteiger partial charge in [0.05, 0.1) is 12.2 Å². The molecule has 0 radical (unpaired) electrons. The van der Waals surface area contributed by atoms with Gasteiger partial charge in [-0.1, -0.05) is 0 Å². The summed E-state index contributed by atoms with van der Waals surface area (Å²) < 4.78 is 35.8. The molecular formula is C23H23F2N5O. The molecule has 1 unspecified atom stereocenters. The molecule has 0 spiro atoms. The van der Waals surface area contributed by atoms with Crippen molar-refractivity contribution >= 4 is 11.5 Å². The molecule has 1 saturated carbocycles. The standard InChI is InChI=1S/C23H23F2N5O/c1-15(19-12-17(25)2-5-21(19)31-11-8-24)27-22-7-10-30-23(28-22)20(13-26-30)16-6-9-29(14-16)18-3-4-18/h2,5-7,9-10,12-15,18H,3-4,8,11H2,1H3,(H,27,28). The lowest BCUT2D eigenvalue weighted by Crippen LogP contribution is -2.11. The molecule has 1 atom stereocenters. The molecule has 0 aliphatic heterocycles. The molecule has 4 aromatic rings. The monoisotopic (exact) mass is 423 g/mol. The Bertz CT molecular complexity index is 1210. The second-order valence-electron chi connectivity index (χ2n) is 7.80. The van der Waals surface area contributed by atoms with Gasteiger partial charge >= 0.3 is 0 Å². The molecule has 8 heteroatoms. The summed E-state index contributed by atoms with van der Waals surface area (Å²) in [6, 6.07) is 8.44. The molecule has 0 amide bonds. The fourth-order valence-corrected chi connectivity index (χ4v) is 3.76. The number of halogens is 2. The van der Waals surface area contributed by atoms with Crippen molar-refractivity contribution in [1.82, 2.24) is 19.2 Å². The van der Waals surface area contributed by atoms with E-state index in [0.717, 1.165) is 16.8 Å². The number of fused-ring (bicyclic) bond motifs is 1. The van der Waals surface area contributed by atoms with Gasteiger partial charge in [-0.05, 0) is 50.1 Å². The molecule has 0 saturated heterocycles. The largest absolute Gasteiger partial charge is 0.490 e. The molecule has 1 aliphatic rings. The van der Waals surface area contributed by atoms with Crippen LogP contribution in [0.2, 0.25) is 0 Å². The second kappa shape index (κ2) is 8.02. The second-order valence-corrected chi connectivity index (χ2v) is 7.80. The first-order chi connectivity index (χ1) is 15.1. The number of ether oxygens (including phenoxy) is 1. The van der Waals surface area contributed by atoms with Gasteiger partial charge in [-0.15, -0.1) is 0 Å². The number of hydrogen-bond acceptors (Lipinski definition) is 4. The summed E-state index contributed by atoms with van der Waals surface area (Å²) in [4.78, 5) is 4.75. The maximum atomic E-state index is 13.9. The summed E-state index contributed by atoms with van der Waals surface area (Å²) in [5.74, 6) is 0.702. The van der Waals surface area contributed by atoms with Crippen LogP contribution in [0.25, 0.3) is 16.8 Å². The minimum absolute atomic E-state index is 0.0742. The predicted molar refractivity (Wildman–Crippen MR) is 115 cm³/mol. The van der Waals surface area contributed by atoms with Crippen LogP contribution in [0.5, 0.6) is 5.75 Å². The summed E-state index contributed by atoms with van der Waals surface area (Å²) in [5, 5.41) is 7.71. The van der Waals surface area contributed by atoms with Gasteiger partial charge in [-0.25, -0.2) is 18.3 Å². The summed E-state index contributed by atoms with van der Waals surface area (Å²) in [6.45, 7) is 1.20. The number of rotatable bonds is 8. The number of alkyl halides is 1. The summed E-state index contributed by atoms with van der Waals surface area (Å²) in [7, 11) is 0. The molecule has 3 aromatic heterocycles. The van der Waals surface area contributed by atoms with Gasteiger partial charge in [0, 0.05) is 41.3 Å². The SMILES string of the molecule is CC(Nc1ccn2ncc(-c3ccn(C4CC4)c3)c2n1)c1cc(F)ccc1OCCF. The molecule has 3 heterocycles. The number of anilines is 1. The molecule has 5 rings (SSSR count). The minimum atomic E-state index is -0.608. The molecule has 1 aromatic carbocycles. The third-order valence-corrected chi connectivity index (χ3v) is 5.50. The quantitative estimate of drug-likeness (QED) is 0.424. The lowest BCUT2D eigenvalue weighted by atomic mass is 10.1. The van der Waals surface area contributed by atoms with Gasteiger partial charge in [0.2, 0.25) is 0 Å². The van der Waals surface area contributed by atoms with Crippen LogP contribution < -0.4 is 10.1 Å². The Hall–Kier alpha value is -3.42. The van der Waals surface area contributed by atoms with E-state index in [0.29, 0.717) is 23.2 Å². The van der Waals surface area contributed by atoms with E-state index in [2.05, 4.69) is 33.4 Å². The van der Waals surface area contributed by atoms with Crippen molar-refractivity contribution in [3.8, 4) is 16.9 Å². The lowest BCUT2D eigenvalue weighted by Gasteiger charge is -2.19. The highest BCUT2D eigenvalue weighted by atomic mass is 19.1. The number of hydrogen-bond donors (Lipinski definition) is 1. The topological polar surface area (TPSA) is 56.4 Å². The maximum absolute atomic E-state index is 13.9. The predicted octanol–water partition coefficient (Wildman–Crippen LogP) is 5.19. The average molecular weight is 423 g/mol. The van der Waals surface area contributed by atoms with E-state index < -0.39 is 6.67 Å². The van der Waals surface area contributed by atoms with E-state index in [1.54, 1.807) is 4.52 Å². The highest BCUT2D eigenvalue weighted by molar-refractivity contribution is 5.77. The molecule has 6 nitrogen and oxygen atoms in total. The Morgan fingerprint density at radius 3 is 2.90 bits per heavy atom. The van der Waals surface area contributed by atoms with Crippen molar-refractivity contribution in [3.63, 3.8) is 0 Å². The fourth-order valence-electron chi connectivity index (χ4n) is 3.76. The number of benzene rings is 1. The van der Waals surface area contributed by atoms with Gasteiger partial charge in [0.15, 0.2) is 5.65 Å². The van der Waals surface area contributed by atoms with Crippen LogP contribution in [-0.4, -0.2) is 32.4 Å². The molecule has 0 bridgehead atoms. The van der Waals surface area contributed by atoms with E-state index in [1.807, 2.05) is 25.4 Å². The summed E-state index contributed by atoms with van der Waals surface area (Å²) >= 11 is 0. The Morgan fingerprint density at radius 1 is 1.23 bits per heavy atom.